The SMILES string of the molecule is CCCCOc1ccc([S+](=O)(Oc2ccccc2)c2ccc(OCCCC)cc2)cc1.Fc1c(F)c(F)c([B-](F)(F)F)c(F)c1F. The highest BCUT2D eigenvalue weighted by molar-refractivity contribution is 7.99. The highest BCUT2D eigenvalue weighted by Crippen LogP contribution is 2.34. The Hall–Kier alpha value is -4.07. The normalized spacial score (nSPS) is 11.4. The van der Waals surface area contributed by atoms with Gasteiger partial charge in [0.2, 0.25) is 9.79 Å². The number of halogens is 8. The van der Waals surface area contributed by atoms with Crippen molar-refractivity contribution in [3.63, 3.8) is 0 Å². The van der Waals surface area contributed by atoms with Crippen LogP contribution in [0.15, 0.2) is 88.7 Å². The summed E-state index contributed by atoms with van der Waals surface area (Å²) in [5, 5.41) is 0. The second-order valence-corrected chi connectivity index (χ2v) is 11.9. The Morgan fingerprint density at radius 2 is 0.957 bits per heavy atom. The van der Waals surface area contributed by atoms with Gasteiger partial charge >= 0.3 is 17.2 Å². The summed E-state index contributed by atoms with van der Waals surface area (Å²) in [6.45, 7) is -0.705. The second-order valence-electron chi connectivity index (χ2n) is 9.81. The van der Waals surface area contributed by atoms with Crippen LogP contribution in [0, 0.1) is 29.1 Å². The molecule has 46 heavy (non-hydrogen) atoms. The Morgan fingerprint density at radius 1 is 0.565 bits per heavy atom. The van der Waals surface area contributed by atoms with Gasteiger partial charge in [-0.05, 0) is 58.9 Å². The van der Waals surface area contributed by atoms with Crippen LogP contribution in [0.1, 0.15) is 39.5 Å². The van der Waals surface area contributed by atoms with Gasteiger partial charge in [0.1, 0.15) is 23.1 Å². The molecule has 0 aliphatic heterocycles. The highest BCUT2D eigenvalue weighted by atomic mass is 32.3. The average Bonchev–Trinajstić information content (AvgIpc) is 3.04. The quantitative estimate of drug-likeness (QED) is 0.0354. The number of benzene rings is 4. The number of hydrogen-bond acceptors (Lipinski definition) is 4. The first kappa shape index (κ1) is 36.4. The topological polar surface area (TPSA) is 44.8 Å². The minimum absolute atomic E-state index is 0.555. The molecule has 0 radical (unpaired) electrons. The minimum Gasteiger partial charge on any atom is -0.494 e. The van der Waals surface area contributed by atoms with Crippen LogP contribution in [0.25, 0.3) is 0 Å². The van der Waals surface area contributed by atoms with Crippen LogP contribution in [0.5, 0.6) is 17.2 Å². The van der Waals surface area contributed by atoms with E-state index in [0.29, 0.717) is 28.8 Å². The average molecular weight is 674 g/mol. The predicted molar refractivity (Wildman–Crippen MR) is 160 cm³/mol. The predicted octanol–water partition coefficient (Wildman–Crippen LogP) is 9.39. The van der Waals surface area contributed by atoms with Crippen LogP contribution in [0.3, 0.4) is 0 Å². The number of hydrogen-bond donors (Lipinski definition) is 0. The Kier molecular flexibility index (Phi) is 13.0. The summed E-state index contributed by atoms with van der Waals surface area (Å²) < 4.78 is 129. The van der Waals surface area contributed by atoms with E-state index in [9.17, 15) is 39.1 Å². The standard InChI is InChI=1S/C26H31O4S.C6BF8/c1-3-5-20-28-22-12-16-25(17-13-22)31(27,30-24-10-8-7-9-11-24)26-18-14-23(15-19-26)29-21-6-4-2;8-2-1(7(13,14)15)3(9)5(11)6(12)4(2)10/h7-19H,3-6,20-21H2,1-2H3;/q+1;-1. The van der Waals surface area contributed by atoms with E-state index >= 15 is 0 Å². The van der Waals surface area contributed by atoms with Crippen molar-refractivity contribution in [2.24, 2.45) is 0 Å². The molecule has 0 atom stereocenters. The summed E-state index contributed by atoms with van der Waals surface area (Å²) >= 11 is 0. The number of unbranched alkanes of at least 4 members (excludes halogenated alkanes) is 2. The zero-order valence-electron chi connectivity index (χ0n) is 24.9. The lowest BCUT2D eigenvalue weighted by Gasteiger charge is -2.17. The molecule has 0 unspecified atom stereocenters. The molecular formula is C32H31BF8O4S. The van der Waals surface area contributed by atoms with Gasteiger partial charge < -0.3 is 22.4 Å². The van der Waals surface area contributed by atoms with Crippen molar-refractivity contribution in [1.82, 2.24) is 0 Å². The third kappa shape index (κ3) is 9.24. The Morgan fingerprint density at radius 3 is 1.33 bits per heavy atom. The molecule has 4 nitrogen and oxygen atoms in total. The smallest absolute Gasteiger partial charge is 0.494 e. The molecule has 0 aliphatic rings. The van der Waals surface area contributed by atoms with Crippen LogP contribution in [-0.4, -0.2) is 20.2 Å². The summed E-state index contributed by atoms with van der Waals surface area (Å²) in [6.07, 6.45) is 4.16. The van der Waals surface area contributed by atoms with Gasteiger partial charge in [0.15, 0.2) is 23.2 Å². The molecular weight excluding hydrogens is 643 g/mol. The van der Waals surface area contributed by atoms with Gasteiger partial charge in [-0.15, -0.1) is 0 Å². The first-order valence-electron chi connectivity index (χ1n) is 14.3. The maximum Gasteiger partial charge on any atom is 0.515 e. The minimum atomic E-state index is -6.30. The van der Waals surface area contributed by atoms with Gasteiger partial charge in [0, 0.05) is 24.3 Å². The molecule has 0 heterocycles. The van der Waals surface area contributed by atoms with E-state index in [-0.39, 0.29) is 0 Å². The molecule has 0 bridgehead atoms. The summed E-state index contributed by atoms with van der Waals surface area (Å²) in [5.41, 5.74) is -2.73. The van der Waals surface area contributed by atoms with Crippen molar-refractivity contribution in [2.45, 2.75) is 49.3 Å². The van der Waals surface area contributed by atoms with Crippen molar-refractivity contribution in [3.8, 4) is 17.2 Å². The van der Waals surface area contributed by atoms with Crippen molar-refractivity contribution in [1.29, 1.82) is 0 Å². The van der Waals surface area contributed by atoms with Crippen molar-refractivity contribution in [2.75, 3.05) is 13.2 Å². The van der Waals surface area contributed by atoms with Crippen molar-refractivity contribution in [3.05, 3.63) is 108 Å². The zero-order chi connectivity index (χ0) is 33.9. The molecule has 4 aromatic rings. The van der Waals surface area contributed by atoms with E-state index in [0.717, 1.165) is 37.2 Å². The van der Waals surface area contributed by atoms with Gasteiger partial charge in [-0.25, -0.2) is 22.0 Å². The molecule has 4 aromatic carbocycles. The Balaban J connectivity index is 0.000000322. The largest absolute Gasteiger partial charge is 0.515 e. The lowest BCUT2D eigenvalue weighted by atomic mass is 9.79. The number of ether oxygens (including phenoxy) is 2. The van der Waals surface area contributed by atoms with E-state index < -0.39 is 51.7 Å². The van der Waals surface area contributed by atoms with E-state index in [2.05, 4.69) is 13.8 Å². The fraction of sp³-hybridized carbons (Fsp3) is 0.250. The van der Waals surface area contributed by atoms with Crippen LogP contribution in [-0.2, 0) is 14.4 Å². The monoisotopic (exact) mass is 674 g/mol. The van der Waals surface area contributed by atoms with Crippen LogP contribution >= 0.6 is 0 Å². The molecule has 0 amide bonds. The van der Waals surface area contributed by atoms with Crippen LogP contribution < -0.4 is 19.1 Å². The first-order valence-corrected chi connectivity index (χ1v) is 15.8. The molecule has 0 fully saturated rings. The molecule has 0 spiro atoms. The third-order valence-corrected chi connectivity index (χ3v) is 8.54. The summed E-state index contributed by atoms with van der Waals surface area (Å²) in [5.74, 6) is -11.5. The lowest BCUT2D eigenvalue weighted by molar-refractivity contribution is 0.309. The molecule has 0 N–H and O–H groups in total. The van der Waals surface area contributed by atoms with Gasteiger partial charge in [-0.3, -0.25) is 4.18 Å². The van der Waals surface area contributed by atoms with E-state index in [1.54, 1.807) is 0 Å². The summed E-state index contributed by atoms with van der Waals surface area (Å²) in [7, 11) is -2.99. The van der Waals surface area contributed by atoms with Crippen LogP contribution in [0.2, 0.25) is 0 Å². The molecule has 4 rings (SSSR count). The fourth-order valence-corrected chi connectivity index (χ4v) is 5.69. The summed E-state index contributed by atoms with van der Waals surface area (Å²) in [6, 6.07) is 23.9. The summed E-state index contributed by atoms with van der Waals surface area (Å²) in [4.78, 5) is 1.19. The number of rotatable bonds is 13. The number of para-hydroxylation sites is 1. The van der Waals surface area contributed by atoms with Crippen molar-refractivity contribution >= 4 is 22.7 Å². The molecule has 0 aliphatic carbocycles. The van der Waals surface area contributed by atoms with E-state index in [1.807, 2.05) is 78.9 Å². The Labute approximate surface area is 263 Å². The van der Waals surface area contributed by atoms with Crippen LogP contribution in [0.4, 0.5) is 34.9 Å². The lowest BCUT2D eigenvalue weighted by Crippen LogP contribution is -2.41. The van der Waals surface area contributed by atoms with Gasteiger partial charge in [0.05, 0.1) is 13.2 Å². The fourth-order valence-electron chi connectivity index (χ4n) is 3.85. The molecule has 0 saturated heterocycles. The molecule has 14 heteroatoms. The third-order valence-electron chi connectivity index (χ3n) is 6.33. The van der Waals surface area contributed by atoms with Gasteiger partial charge in [-0.2, -0.15) is 0 Å². The highest BCUT2D eigenvalue weighted by Gasteiger charge is 2.39. The maximum absolute atomic E-state index is 14.2. The van der Waals surface area contributed by atoms with Gasteiger partial charge in [0.25, 0.3) is 0 Å². The van der Waals surface area contributed by atoms with E-state index in [4.69, 9.17) is 13.7 Å². The molecule has 248 valence electrons. The molecule has 0 saturated carbocycles. The van der Waals surface area contributed by atoms with E-state index in [1.165, 1.54) is 0 Å². The maximum atomic E-state index is 14.2. The Bertz CT molecular complexity index is 1520. The van der Waals surface area contributed by atoms with Crippen molar-refractivity contribution < 1.29 is 52.8 Å². The zero-order valence-corrected chi connectivity index (χ0v) is 25.7. The van der Waals surface area contributed by atoms with Gasteiger partial charge in [-0.1, -0.05) is 44.9 Å². The second kappa shape index (κ2) is 16.5. The molecule has 0 aromatic heterocycles. The first-order chi connectivity index (χ1) is 21.8.